The van der Waals surface area contributed by atoms with Gasteiger partial charge in [0.15, 0.2) is 5.78 Å². The van der Waals surface area contributed by atoms with Crippen LogP contribution in [0.3, 0.4) is 0 Å². The van der Waals surface area contributed by atoms with Crippen molar-refractivity contribution in [1.82, 2.24) is 19.4 Å². The zero-order chi connectivity index (χ0) is 32.5. The molecule has 1 N–H and O–H groups in total. The minimum atomic E-state index is -0.0121. The molecule has 1 aliphatic rings. The number of imidazole rings is 1. The van der Waals surface area contributed by atoms with Gasteiger partial charge in [-0.1, -0.05) is 76.6 Å². The van der Waals surface area contributed by atoms with Crippen molar-refractivity contribution in [2.24, 2.45) is 11.8 Å². The van der Waals surface area contributed by atoms with E-state index in [0.717, 1.165) is 68.1 Å². The first-order chi connectivity index (χ1) is 22.3. The van der Waals surface area contributed by atoms with E-state index in [0.29, 0.717) is 28.5 Å². The van der Waals surface area contributed by atoms with Crippen LogP contribution in [0.25, 0.3) is 11.0 Å². The summed E-state index contributed by atoms with van der Waals surface area (Å²) in [5, 5.41) is 3.52. The number of nitrogens with zero attached hydrogens (tertiary/aromatic N) is 4. The summed E-state index contributed by atoms with van der Waals surface area (Å²) in [6, 6.07) is 22.9. The highest BCUT2D eigenvalue weighted by molar-refractivity contribution is 6.09. The molecule has 0 spiro atoms. The number of anilines is 2. The van der Waals surface area contributed by atoms with Gasteiger partial charge in [0, 0.05) is 42.0 Å². The van der Waals surface area contributed by atoms with Gasteiger partial charge in [0.1, 0.15) is 0 Å². The Morgan fingerprint density at radius 2 is 1.48 bits per heavy atom. The minimum absolute atomic E-state index is 0.0121. The lowest BCUT2D eigenvalue weighted by Gasteiger charge is -2.26. The highest BCUT2D eigenvalue weighted by Crippen LogP contribution is 2.27. The summed E-state index contributed by atoms with van der Waals surface area (Å²) in [4.78, 5) is 36.7. The van der Waals surface area contributed by atoms with E-state index in [1.165, 1.54) is 32.4 Å². The van der Waals surface area contributed by atoms with Crippen molar-refractivity contribution in [3.63, 3.8) is 0 Å². The number of aromatic nitrogens is 2. The van der Waals surface area contributed by atoms with Crippen molar-refractivity contribution in [3.05, 3.63) is 89.5 Å². The number of benzene rings is 3. The Kier molecular flexibility index (Phi) is 11.6. The van der Waals surface area contributed by atoms with E-state index in [1.807, 2.05) is 77.7 Å². The summed E-state index contributed by atoms with van der Waals surface area (Å²) < 4.78 is 2.22. The van der Waals surface area contributed by atoms with Crippen LogP contribution >= 0.6 is 0 Å². The summed E-state index contributed by atoms with van der Waals surface area (Å²) in [5.74, 6) is 1.87. The quantitative estimate of drug-likeness (QED) is 0.135. The van der Waals surface area contributed by atoms with Gasteiger partial charge in [-0.3, -0.25) is 9.59 Å². The number of hydrogen-bond acceptors (Lipinski definition) is 5. The predicted octanol–water partition coefficient (Wildman–Crippen LogP) is 8.42. The van der Waals surface area contributed by atoms with Gasteiger partial charge in [-0.25, -0.2) is 4.98 Å². The van der Waals surface area contributed by atoms with Crippen molar-refractivity contribution in [1.29, 1.82) is 0 Å². The second-order valence-corrected chi connectivity index (χ2v) is 13.6. The molecule has 0 atom stereocenters. The highest BCUT2D eigenvalue weighted by Gasteiger charge is 2.20. The summed E-state index contributed by atoms with van der Waals surface area (Å²) in [7, 11) is 0. The largest absolute Gasteiger partial charge is 0.339 e. The molecule has 7 heteroatoms. The lowest BCUT2D eigenvalue weighted by Crippen LogP contribution is -2.34. The Labute approximate surface area is 275 Å². The fourth-order valence-corrected chi connectivity index (χ4v) is 6.16. The average Bonchev–Trinajstić information content (AvgIpc) is 3.40. The third-order valence-corrected chi connectivity index (χ3v) is 8.96. The van der Waals surface area contributed by atoms with Crippen molar-refractivity contribution in [3.8, 4) is 0 Å². The molecule has 4 aromatic rings. The number of piperidine rings is 1. The number of carbonyl (C=O) groups is 2. The molecular formula is C39H51N5O2. The van der Waals surface area contributed by atoms with E-state index in [2.05, 4.69) is 42.5 Å². The van der Waals surface area contributed by atoms with Crippen LogP contribution in [0.5, 0.6) is 0 Å². The molecule has 2 heterocycles. The molecule has 0 saturated carbocycles. The monoisotopic (exact) mass is 621 g/mol. The lowest BCUT2D eigenvalue weighted by molar-refractivity contribution is 0.0740. The molecule has 0 bridgehead atoms. The SMILES string of the molecule is CC(C)CCN(CCC(C)C)C(=O)c1ccc2nc(Nc3cccc(C(=O)c4ccccc4)c3)n(CCCN3CCCCC3)c2c1. The fraction of sp³-hybridized carbons (Fsp3) is 0.462. The van der Waals surface area contributed by atoms with Crippen molar-refractivity contribution in [2.75, 3.05) is 38.0 Å². The Bertz CT molecular complexity index is 1570. The summed E-state index contributed by atoms with van der Waals surface area (Å²) in [6.07, 6.45) is 6.83. The van der Waals surface area contributed by atoms with Crippen molar-refractivity contribution < 1.29 is 9.59 Å². The van der Waals surface area contributed by atoms with Gasteiger partial charge in [0.25, 0.3) is 5.91 Å². The molecule has 1 saturated heterocycles. The van der Waals surface area contributed by atoms with Crippen LogP contribution in [-0.4, -0.2) is 63.8 Å². The zero-order valence-corrected chi connectivity index (χ0v) is 28.2. The van der Waals surface area contributed by atoms with Gasteiger partial charge in [-0.15, -0.1) is 0 Å². The van der Waals surface area contributed by atoms with Gasteiger partial charge in [-0.05, 0) is 93.9 Å². The topological polar surface area (TPSA) is 70.5 Å². The molecule has 0 radical (unpaired) electrons. The number of fused-ring (bicyclic) bond motifs is 1. The number of likely N-dealkylation sites (tertiary alicyclic amines) is 1. The van der Waals surface area contributed by atoms with Gasteiger partial charge >= 0.3 is 0 Å². The van der Waals surface area contributed by atoms with Gasteiger partial charge < -0.3 is 19.7 Å². The molecule has 1 aliphatic heterocycles. The fourth-order valence-electron chi connectivity index (χ4n) is 6.16. The van der Waals surface area contributed by atoms with Crippen LogP contribution in [0.15, 0.2) is 72.8 Å². The molecular weight excluding hydrogens is 570 g/mol. The van der Waals surface area contributed by atoms with Crippen LogP contribution in [-0.2, 0) is 6.54 Å². The maximum absolute atomic E-state index is 13.9. The van der Waals surface area contributed by atoms with E-state index >= 15 is 0 Å². The Morgan fingerprint density at radius 1 is 0.783 bits per heavy atom. The van der Waals surface area contributed by atoms with Crippen LogP contribution in [0.4, 0.5) is 11.6 Å². The van der Waals surface area contributed by atoms with E-state index in [1.54, 1.807) is 0 Å². The molecule has 1 fully saturated rings. The predicted molar refractivity (Wildman–Crippen MR) is 189 cm³/mol. The van der Waals surface area contributed by atoms with Gasteiger partial charge in [0.05, 0.1) is 11.0 Å². The first-order valence-corrected chi connectivity index (χ1v) is 17.3. The standard InChI is InChI=1S/C39H51N5O2/c1-29(2)19-25-43(26-20-30(3)4)38(46)33-17-18-35-36(28-33)44(24-12-23-42-21-9-6-10-22-42)39(41-35)40-34-16-11-15-32(27-34)37(45)31-13-7-5-8-14-31/h5,7-8,11,13-18,27-30H,6,9-10,12,19-26H2,1-4H3,(H,40,41). The third-order valence-electron chi connectivity index (χ3n) is 8.96. The highest BCUT2D eigenvalue weighted by atomic mass is 16.2. The second-order valence-electron chi connectivity index (χ2n) is 13.6. The van der Waals surface area contributed by atoms with E-state index in [-0.39, 0.29) is 11.7 Å². The zero-order valence-electron chi connectivity index (χ0n) is 28.2. The molecule has 5 rings (SSSR count). The summed E-state index contributed by atoms with van der Waals surface area (Å²) in [5.41, 5.74) is 4.61. The summed E-state index contributed by atoms with van der Waals surface area (Å²) in [6.45, 7) is 14.5. The normalized spacial score (nSPS) is 13.9. The second kappa shape index (κ2) is 16.0. The number of rotatable bonds is 15. The molecule has 1 amide bonds. The number of ketones is 1. The maximum atomic E-state index is 13.9. The smallest absolute Gasteiger partial charge is 0.253 e. The van der Waals surface area contributed by atoms with Gasteiger partial charge in [0.2, 0.25) is 5.95 Å². The number of nitrogens with one attached hydrogen (secondary N) is 1. The van der Waals surface area contributed by atoms with Crippen LogP contribution < -0.4 is 5.32 Å². The molecule has 1 aromatic heterocycles. The first kappa shape index (κ1) is 33.4. The first-order valence-electron chi connectivity index (χ1n) is 17.3. The lowest BCUT2D eigenvalue weighted by atomic mass is 10.0. The van der Waals surface area contributed by atoms with E-state index in [4.69, 9.17) is 4.98 Å². The number of carbonyl (C=O) groups excluding carboxylic acids is 2. The van der Waals surface area contributed by atoms with Crippen LogP contribution in [0.1, 0.15) is 92.5 Å². The van der Waals surface area contributed by atoms with E-state index < -0.39 is 0 Å². The third kappa shape index (κ3) is 8.85. The van der Waals surface area contributed by atoms with Crippen LogP contribution in [0.2, 0.25) is 0 Å². The number of amides is 1. The molecule has 7 nitrogen and oxygen atoms in total. The minimum Gasteiger partial charge on any atom is -0.339 e. The Balaban J connectivity index is 1.44. The van der Waals surface area contributed by atoms with Crippen molar-refractivity contribution >= 4 is 34.4 Å². The molecule has 0 unspecified atom stereocenters. The van der Waals surface area contributed by atoms with Crippen molar-refractivity contribution in [2.45, 2.75) is 72.8 Å². The molecule has 0 aliphatic carbocycles. The van der Waals surface area contributed by atoms with E-state index in [9.17, 15) is 9.59 Å². The maximum Gasteiger partial charge on any atom is 0.253 e. The number of hydrogen-bond donors (Lipinski definition) is 1. The Hall–Kier alpha value is -3.97. The Morgan fingerprint density at radius 3 is 2.17 bits per heavy atom. The summed E-state index contributed by atoms with van der Waals surface area (Å²) >= 11 is 0. The average molecular weight is 622 g/mol. The molecule has 244 valence electrons. The number of aryl methyl sites for hydroxylation is 1. The molecule has 3 aromatic carbocycles. The molecule has 46 heavy (non-hydrogen) atoms. The van der Waals surface area contributed by atoms with Crippen LogP contribution in [0, 0.1) is 11.8 Å². The van der Waals surface area contributed by atoms with Gasteiger partial charge in [-0.2, -0.15) is 0 Å².